The van der Waals surface area contributed by atoms with Crippen LogP contribution in [0.1, 0.15) is 25.7 Å². The molecule has 1 aliphatic rings. The molecule has 1 rings (SSSR count). The molecule has 0 radical (unpaired) electrons. The highest BCUT2D eigenvalue weighted by Gasteiger charge is 2.40. The standard InChI is InChI=1S/C32H44O14/c1-7-25(33)41-17-31(15-39-5,18-42-26(34)8-2)21-45-29(37)23-11-13-24(14-12-23)30(38)46-22-32(16-40-6,19-43-27(35)9-3)20-44-28(36)10-4/h7-10,23-24H,1-4,11-22H2,5-6H3. The molecule has 0 saturated heterocycles. The lowest BCUT2D eigenvalue weighted by Crippen LogP contribution is -2.44. The van der Waals surface area contributed by atoms with Crippen LogP contribution in [-0.4, -0.2) is 103 Å². The molecule has 46 heavy (non-hydrogen) atoms. The number of methoxy groups -OCH3 is 2. The van der Waals surface area contributed by atoms with Gasteiger partial charge in [0, 0.05) is 38.5 Å². The second-order valence-electron chi connectivity index (χ2n) is 10.9. The molecule has 0 aliphatic heterocycles. The van der Waals surface area contributed by atoms with Crippen molar-refractivity contribution in [2.75, 3.05) is 67.1 Å². The van der Waals surface area contributed by atoms with E-state index < -0.39 is 58.5 Å². The summed E-state index contributed by atoms with van der Waals surface area (Å²) in [5.41, 5.74) is -2.39. The van der Waals surface area contributed by atoms with Crippen molar-refractivity contribution in [2.24, 2.45) is 22.7 Å². The van der Waals surface area contributed by atoms with E-state index >= 15 is 0 Å². The number of esters is 6. The Labute approximate surface area is 268 Å². The molecule has 0 heterocycles. The first kappa shape index (κ1) is 39.7. The van der Waals surface area contributed by atoms with E-state index in [1.54, 1.807) is 0 Å². The zero-order valence-electron chi connectivity index (χ0n) is 26.5. The van der Waals surface area contributed by atoms with Crippen molar-refractivity contribution in [3.8, 4) is 0 Å². The largest absolute Gasteiger partial charge is 0.465 e. The van der Waals surface area contributed by atoms with E-state index in [1.165, 1.54) is 14.2 Å². The summed E-state index contributed by atoms with van der Waals surface area (Å²) < 4.78 is 42.3. The summed E-state index contributed by atoms with van der Waals surface area (Å²) >= 11 is 0. The van der Waals surface area contributed by atoms with Gasteiger partial charge in [0.25, 0.3) is 0 Å². The third-order valence-electron chi connectivity index (χ3n) is 7.09. The maximum Gasteiger partial charge on any atom is 0.330 e. The zero-order chi connectivity index (χ0) is 34.6. The van der Waals surface area contributed by atoms with Crippen molar-refractivity contribution in [3.05, 3.63) is 50.6 Å². The molecule has 0 amide bonds. The third-order valence-corrected chi connectivity index (χ3v) is 7.09. The van der Waals surface area contributed by atoms with Gasteiger partial charge in [0.15, 0.2) is 0 Å². The Morgan fingerprint density at radius 1 is 0.478 bits per heavy atom. The minimum atomic E-state index is -1.20. The molecule has 256 valence electrons. The van der Waals surface area contributed by atoms with E-state index in [9.17, 15) is 28.8 Å². The predicted octanol–water partition coefficient (Wildman–Crippen LogP) is 2.06. The van der Waals surface area contributed by atoms with Gasteiger partial charge in [0.1, 0.15) is 39.6 Å². The van der Waals surface area contributed by atoms with Crippen LogP contribution in [0.4, 0.5) is 0 Å². The van der Waals surface area contributed by atoms with E-state index in [1.807, 2.05) is 0 Å². The summed E-state index contributed by atoms with van der Waals surface area (Å²) in [6, 6.07) is 0. The fourth-order valence-corrected chi connectivity index (χ4v) is 4.49. The molecular weight excluding hydrogens is 608 g/mol. The Morgan fingerprint density at radius 2 is 0.717 bits per heavy atom. The lowest BCUT2D eigenvalue weighted by molar-refractivity contribution is -0.170. The quantitative estimate of drug-likeness (QED) is 0.0943. The van der Waals surface area contributed by atoms with Crippen LogP contribution in [0.3, 0.4) is 0 Å². The first-order valence-corrected chi connectivity index (χ1v) is 14.4. The Hall–Kier alpha value is -4.30. The van der Waals surface area contributed by atoms with E-state index in [0.29, 0.717) is 25.7 Å². The smallest absolute Gasteiger partial charge is 0.330 e. The summed E-state index contributed by atoms with van der Waals surface area (Å²) in [7, 11) is 2.78. The van der Waals surface area contributed by atoms with Crippen LogP contribution < -0.4 is 0 Å². The van der Waals surface area contributed by atoms with E-state index in [2.05, 4.69) is 26.3 Å². The summed E-state index contributed by atoms with van der Waals surface area (Å²) in [5, 5.41) is 0. The Balaban J connectivity index is 2.84. The van der Waals surface area contributed by atoms with Gasteiger partial charge in [-0.15, -0.1) is 0 Å². The molecule has 0 N–H and O–H groups in total. The van der Waals surface area contributed by atoms with Gasteiger partial charge in [-0.1, -0.05) is 26.3 Å². The summed E-state index contributed by atoms with van der Waals surface area (Å²) in [5.74, 6) is -5.01. The van der Waals surface area contributed by atoms with Gasteiger partial charge in [0.05, 0.1) is 35.9 Å². The average molecular weight is 653 g/mol. The number of ether oxygens (including phenoxy) is 8. The Bertz CT molecular complexity index is 968. The van der Waals surface area contributed by atoms with Crippen LogP contribution in [0.15, 0.2) is 50.6 Å². The van der Waals surface area contributed by atoms with Gasteiger partial charge in [-0.25, -0.2) is 19.2 Å². The highest BCUT2D eigenvalue weighted by molar-refractivity contribution is 5.82. The molecule has 0 spiro atoms. The van der Waals surface area contributed by atoms with Crippen LogP contribution >= 0.6 is 0 Å². The van der Waals surface area contributed by atoms with Gasteiger partial charge in [-0.05, 0) is 25.7 Å². The predicted molar refractivity (Wildman–Crippen MR) is 161 cm³/mol. The van der Waals surface area contributed by atoms with Crippen LogP contribution in [0.2, 0.25) is 0 Å². The number of hydrogen-bond acceptors (Lipinski definition) is 14. The molecule has 1 saturated carbocycles. The van der Waals surface area contributed by atoms with Crippen LogP contribution in [0.25, 0.3) is 0 Å². The maximum atomic E-state index is 13.0. The monoisotopic (exact) mass is 652 g/mol. The number of carbonyl (C=O) groups excluding carboxylic acids is 6. The molecule has 0 unspecified atom stereocenters. The lowest BCUT2D eigenvalue weighted by Gasteiger charge is -2.33. The number of hydrogen-bond donors (Lipinski definition) is 0. The molecular formula is C32H44O14. The SMILES string of the molecule is C=CC(=O)OCC(COC)(COC(=O)C=C)COC(=O)C1CCC(C(=O)OCC(COC)(COC(=O)C=C)COC(=O)C=C)CC1. The Kier molecular flexibility index (Phi) is 17.9. The first-order chi connectivity index (χ1) is 21.9. The van der Waals surface area contributed by atoms with Crippen LogP contribution in [-0.2, 0) is 66.7 Å². The van der Waals surface area contributed by atoms with Crippen molar-refractivity contribution in [2.45, 2.75) is 25.7 Å². The molecule has 1 aliphatic carbocycles. The van der Waals surface area contributed by atoms with E-state index in [0.717, 1.165) is 24.3 Å². The number of rotatable bonds is 22. The molecule has 14 nitrogen and oxygen atoms in total. The fourth-order valence-electron chi connectivity index (χ4n) is 4.49. The minimum Gasteiger partial charge on any atom is -0.465 e. The summed E-state index contributed by atoms with van der Waals surface area (Å²) in [6.45, 7) is 11.5. The molecule has 0 aromatic heterocycles. The molecule has 0 aromatic carbocycles. The summed E-state index contributed by atoms with van der Waals surface area (Å²) in [4.78, 5) is 72.8. The summed E-state index contributed by atoms with van der Waals surface area (Å²) in [6.07, 6.45) is 5.16. The van der Waals surface area contributed by atoms with Crippen molar-refractivity contribution >= 4 is 35.8 Å². The maximum absolute atomic E-state index is 13.0. The highest BCUT2D eigenvalue weighted by atomic mass is 16.6. The number of carbonyl (C=O) groups is 6. The molecule has 14 heteroatoms. The topological polar surface area (TPSA) is 176 Å². The Morgan fingerprint density at radius 3 is 0.935 bits per heavy atom. The molecule has 1 fully saturated rings. The van der Waals surface area contributed by atoms with Gasteiger partial charge >= 0.3 is 35.8 Å². The fraction of sp³-hybridized carbons (Fsp3) is 0.562. The van der Waals surface area contributed by atoms with E-state index in [4.69, 9.17) is 37.9 Å². The van der Waals surface area contributed by atoms with Crippen LogP contribution in [0, 0.1) is 22.7 Å². The van der Waals surface area contributed by atoms with Crippen molar-refractivity contribution < 1.29 is 66.7 Å². The highest BCUT2D eigenvalue weighted by Crippen LogP contribution is 2.32. The van der Waals surface area contributed by atoms with E-state index in [-0.39, 0.29) is 52.9 Å². The lowest BCUT2D eigenvalue weighted by atomic mass is 9.82. The van der Waals surface area contributed by atoms with Crippen molar-refractivity contribution in [1.29, 1.82) is 0 Å². The van der Waals surface area contributed by atoms with Gasteiger partial charge < -0.3 is 37.9 Å². The van der Waals surface area contributed by atoms with Gasteiger partial charge in [-0.3, -0.25) is 9.59 Å². The van der Waals surface area contributed by atoms with Crippen molar-refractivity contribution in [3.63, 3.8) is 0 Å². The minimum absolute atomic E-state index is 0.0716. The van der Waals surface area contributed by atoms with Crippen molar-refractivity contribution in [1.82, 2.24) is 0 Å². The second-order valence-corrected chi connectivity index (χ2v) is 10.9. The second kappa shape index (κ2) is 20.7. The molecule has 0 aromatic rings. The third kappa shape index (κ3) is 13.8. The van der Waals surface area contributed by atoms with Gasteiger partial charge in [-0.2, -0.15) is 0 Å². The molecule has 0 atom stereocenters. The zero-order valence-corrected chi connectivity index (χ0v) is 26.5. The average Bonchev–Trinajstić information content (AvgIpc) is 3.08. The molecule has 0 bridgehead atoms. The normalized spacial score (nSPS) is 16.1. The first-order valence-electron chi connectivity index (χ1n) is 14.4. The van der Waals surface area contributed by atoms with Crippen LogP contribution in [0.5, 0.6) is 0 Å². The van der Waals surface area contributed by atoms with Gasteiger partial charge in [0.2, 0.25) is 0 Å².